The number of nitrogens with zero attached hydrogens (tertiary/aromatic N) is 2. The van der Waals surface area contributed by atoms with E-state index < -0.39 is 0 Å². The van der Waals surface area contributed by atoms with Crippen LogP contribution in [0.3, 0.4) is 0 Å². The Kier molecular flexibility index (Phi) is 2.82. The van der Waals surface area contributed by atoms with E-state index in [1.54, 1.807) is 6.20 Å². The Morgan fingerprint density at radius 3 is 2.50 bits per heavy atom. The number of hydrogen-bond acceptors (Lipinski definition) is 3. The van der Waals surface area contributed by atoms with Crippen LogP contribution >= 0.6 is 0 Å². The van der Waals surface area contributed by atoms with Gasteiger partial charge in [0.2, 0.25) is 0 Å². The van der Waals surface area contributed by atoms with Crippen LogP contribution in [-0.2, 0) is 0 Å². The first-order valence-electron chi connectivity index (χ1n) is 4.86. The van der Waals surface area contributed by atoms with E-state index >= 15 is 0 Å². The van der Waals surface area contributed by atoms with Gasteiger partial charge in [-0.15, -0.1) is 0 Å². The molecule has 0 bridgehead atoms. The summed E-state index contributed by atoms with van der Waals surface area (Å²) in [5.41, 5.74) is 8.34. The van der Waals surface area contributed by atoms with Gasteiger partial charge in [-0.05, 0) is 23.3 Å². The third kappa shape index (κ3) is 2.00. The standard InChI is InChI=1S/C12H12N4/c13-12(16-14)11-8-10(6-7-15-11)9-4-2-1-3-5-9/h1-8H,14H2,(H2,13,16). The SMILES string of the molecule is N/N=C(/N)c1cc(-c2ccccc2)ccn1. The Hall–Kier alpha value is -2.36. The minimum Gasteiger partial charge on any atom is -0.380 e. The fraction of sp³-hybridized carbons (Fsp3) is 0. The number of nitrogens with two attached hydrogens (primary N) is 2. The molecule has 0 amide bonds. The first-order chi connectivity index (χ1) is 7.81. The smallest absolute Gasteiger partial charge is 0.168 e. The molecule has 4 heteroatoms. The summed E-state index contributed by atoms with van der Waals surface area (Å²) in [6, 6.07) is 13.8. The van der Waals surface area contributed by atoms with Crippen molar-refractivity contribution >= 4 is 5.84 Å². The van der Waals surface area contributed by atoms with Crippen LogP contribution in [0.1, 0.15) is 5.69 Å². The minimum absolute atomic E-state index is 0.234. The van der Waals surface area contributed by atoms with Gasteiger partial charge in [-0.25, -0.2) is 0 Å². The molecule has 0 unspecified atom stereocenters. The van der Waals surface area contributed by atoms with Crippen molar-refractivity contribution in [2.45, 2.75) is 0 Å². The zero-order chi connectivity index (χ0) is 11.4. The van der Waals surface area contributed by atoms with E-state index in [-0.39, 0.29) is 5.84 Å². The Morgan fingerprint density at radius 1 is 1.06 bits per heavy atom. The lowest BCUT2D eigenvalue weighted by atomic mass is 10.1. The van der Waals surface area contributed by atoms with Crippen LogP contribution < -0.4 is 11.6 Å². The molecule has 0 saturated heterocycles. The van der Waals surface area contributed by atoms with Crippen molar-refractivity contribution in [2.24, 2.45) is 16.7 Å². The summed E-state index contributed by atoms with van der Waals surface area (Å²) in [7, 11) is 0. The fourth-order valence-corrected chi connectivity index (χ4v) is 1.45. The third-order valence-corrected chi connectivity index (χ3v) is 2.27. The van der Waals surface area contributed by atoms with Gasteiger partial charge in [-0.3, -0.25) is 4.98 Å². The van der Waals surface area contributed by atoms with Gasteiger partial charge < -0.3 is 11.6 Å². The van der Waals surface area contributed by atoms with E-state index in [9.17, 15) is 0 Å². The van der Waals surface area contributed by atoms with E-state index in [1.807, 2.05) is 42.5 Å². The number of rotatable bonds is 2. The molecule has 0 aliphatic heterocycles. The second-order valence-electron chi connectivity index (χ2n) is 3.31. The number of hydrogen-bond donors (Lipinski definition) is 2. The lowest BCUT2D eigenvalue weighted by molar-refractivity contribution is 1.19. The average molecular weight is 212 g/mol. The van der Waals surface area contributed by atoms with Gasteiger partial charge in [-0.1, -0.05) is 30.3 Å². The molecule has 0 aliphatic carbocycles. The van der Waals surface area contributed by atoms with Crippen molar-refractivity contribution in [3.63, 3.8) is 0 Å². The number of amidine groups is 1. The van der Waals surface area contributed by atoms with Crippen molar-refractivity contribution in [2.75, 3.05) is 0 Å². The molecular formula is C12H12N4. The summed E-state index contributed by atoms with van der Waals surface area (Å²) in [6.45, 7) is 0. The van der Waals surface area contributed by atoms with E-state index in [2.05, 4.69) is 10.1 Å². The lowest BCUT2D eigenvalue weighted by Gasteiger charge is -2.03. The lowest BCUT2D eigenvalue weighted by Crippen LogP contribution is -2.16. The quantitative estimate of drug-likeness (QED) is 0.341. The first-order valence-corrected chi connectivity index (χ1v) is 4.86. The predicted octanol–water partition coefficient (Wildman–Crippen LogP) is 1.33. The zero-order valence-corrected chi connectivity index (χ0v) is 8.67. The molecule has 1 aromatic carbocycles. The molecule has 2 aromatic rings. The number of benzene rings is 1. The van der Waals surface area contributed by atoms with Gasteiger partial charge >= 0.3 is 0 Å². The molecule has 2 rings (SSSR count). The number of pyridine rings is 1. The van der Waals surface area contributed by atoms with Crippen molar-refractivity contribution in [1.29, 1.82) is 0 Å². The normalized spacial score (nSPS) is 11.4. The molecule has 16 heavy (non-hydrogen) atoms. The summed E-state index contributed by atoms with van der Waals surface area (Å²) >= 11 is 0. The van der Waals surface area contributed by atoms with Gasteiger partial charge in [0.25, 0.3) is 0 Å². The number of hydrazone groups is 1. The molecule has 0 radical (unpaired) electrons. The van der Waals surface area contributed by atoms with Crippen LogP contribution in [0.15, 0.2) is 53.8 Å². The highest BCUT2D eigenvalue weighted by Gasteiger charge is 2.02. The average Bonchev–Trinajstić information content (AvgIpc) is 2.39. The fourth-order valence-electron chi connectivity index (χ4n) is 1.45. The van der Waals surface area contributed by atoms with Crippen molar-refractivity contribution < 1.29 is 0 Å². The van der Waals surface area contributed by atoms with Crippen LogP contribution in [0, 0.1) is 0 Å². The van der Waals surface area contributed by atoms with Gasteiger partial charge in [0, 0.05) is 6.20 Å². The molecule has 4 N–H and O–H groups in total. The summed E-state index contributed by atoms with van der Waals surface area (Å²) < 4.78 is 0. The largest absolute Gasteiger partial charge is 0.380 e. The third-order valence-electron chi connectivity index (χ3n) is 2.27. The minimum atomic E-state index is 0.234. The second-order valence-corrected chi connectivity index (χ2v) is 3.31. The van der Waals surface area contributed by atoms with Gasteiger partial charge in [0.1, 0.15) is 5.69 Å². The maximum absolute atomic E-state index is 5.60. The monoisotopic (exact) mass is 212 g/mol. The van der Waals surface area contributed by atoms with E-state index in [0.717, 1.165) is 11.1 Å². The first kappa shape index (κ1) is 10.2. The molecule has 4 nitrogen and oxygen atoms in total. The van der Waals surface area contributed by atoms with Crippen LogP contribution in [0.2, 0.25) is 0 Å². The van der Waals surface area contributed by atoms with Gasteiger partial charge in [-0.2, -0.15) is 5.10 Å². The molecule has 0 atom stereocenters. The predicted molar refractivity (Wildman–Crippen MR) is 64.6 cm³/mol. The zero-order valence-electron chi connectivity index (χ0n) is 8.67. The second kappa shape index (κ2) is 4.44. The molecule has 1 heterocycles. The summed E-state index contributed by atoms with van der Waals surface area (Å²) in [4.78, 5) is 4.10. The van der Waals surface area contributed by atoms with Crippen LogP contribution in [-0.4, -0.2) is 10.8 Å². The van der Waals surface area contributed by atoms with Crippen LogP contribution in [0.5, 0.6) is 0 Å². The van der Waals surface area contributed by atoms with Crippen molar-refractivity contribution in [3.05, 3.63) is 54.4 Å². The Morgan fingerprint density at radius 2 is 1.81 bits per heavy atom. The summed E-state index contributed by atoms with van der Waals surface area (Å²) in [6.07, 6.45) is 1.69. The van der Waals surface area contributed by atoms with Crippen LogP contribution in [0.25, 0.3) is 11.1 Å². The van der Waals surface area contributed by atoms with Crippen LogP contribution in [0.4, 0.5) is 0 Å². The van der Waals surface area contributed by atoms with Crippen molar-refractivity contribution in [3.8, 4) is 11.1 Å². The molecule has 0 aliphatic rings. The highest BCUT2D eigenvalue weighted by molar-refractivity contribution is 5.96. The number of aromatic nitrogens is 1. The Labute approximate surface area is 93.6 Å². The van der Waals surface area contributed by atoms with E-state index in [4.69, 9.17) is 11.6 Å². The van der Waals surface area contributed by atoms with Gasteiger partial charge in [0.15, 0.2) is 5.84 Å². The van der Waals surface area contributed by atoms with Gasteiger partial charge in [0.05, 0.1) is 0 Å². The maximum atomic E-state index is 5.60. The maximum Gasteiger partial charge on any atom is 0.168 e. The van der Waals surface area contributed by atoms with E-state index in [1.165, 1.54) is 0 Å². The van der Waals surface area contributed by atoms with E-state index in [0.29, 0.717) is 5.69 Å². The topological polar surface area (TPSA) is 77.3 Å². The molecule has 0 fully saturated rings. The highest BCUT2D eigenvalue weighted by Crippen LogP contribution is 2.18. The Balaban J connectivity index is 2.44. The molecule has 0 saturated carbocycles. The molecule has 80 valence electrons. The highest BCUT2D eigenvalue weighted by atomic mass is 15.2. The summed E-state index contributed by atoms with van der Waals surface area (Å²) in [5, 5.41) is 3.43. The Bertz CT molecular complexity index is 505. The summed E-state index contributed by atoms with van der Waals surface area (Å²) in [5.74, 6) is 5.35. The molecule has 1 aromatic heterocycles. The molecular weight excluding hydrogens is 200 g/mol. The van der Waals surface area contributed by atoms with Crippen molar-refractivity contribution in [1.82, 2.24) is 4.98 Å². The molecule has 0 spiro atoms.